The molecule has 0 saturated heterocycles. The van der Waals surface area contributed by atoms with Crippen molar-refractivity contribution < 1.29 is 8.42 Å². The zero-order valence-electron chi connectivity index (χ0n) is 7.00. The van der Waals surface area contributed by atoms with Gasteiger partial charge in [0.15, 0.2) is 9.84 Å². The van der Waals surface area contributed by atoms with Crippen molar-refractivity contribution in [2.75, 3.05) is 11.5 Å². The van der Waals surface area contributed by atoms with Crippen LogP contribution in [-0.4, -0.2) is 19.9 Å². The summed E-state index contributed by atoms with van der Waals surface area (Å²) >= 11 is 0. The molecule has 0 amide bonds. The molecule has 2 nitrogen and oxygen atoms in total. The Bertz CT molecular complexity index is 260. The maximum Gasteiger partial charge on any atom is 0.157 e. The van der Waals surface area contributed by atoms with Crippen LogP contribution in [0.2, 0.25) is 0 Å². The van der Waals surface area contributed by atoms with Gasteiger partial charge in [-0.15, -0.1) is 0 Å². The van der Waals surface area contributed by atoms with Crippen molar-refractivity contribution in [1.29, 1.82) is 0 Å². The van der Waals surface area contributed by atoms with E-state index >= 15 is 0 Å². The van der Waals surface area contributed by atoms with Gasteiger partial charge in [-0.2, -0.15) is 0 Å². The SMILES string of the molecule is CC(C)CC1=CCS(=O)(=O)C1. The molecule has 0 fully saturated rings. The lowest BCUT2D eigenvalue weighted by atomic mass is 10.0. The second-order valence-electron chi connectivity index (χ2n) is 3.51. The minimum Gasteiger partial charge on any atom is -0.228 e. The second-order valence-corrected chi connectivity index (χ2v) is 5.62. The molecule has 0 aliphatic carbocycles. The quantitative estimate of drug-likeness (QED) is 0.593. The van der Waals surface area contributed by atoms with Crippen molar-refractivity contribution in [2.24, 2.45) is 5.92 Å². The Morgan fingerprint density at radius 1 is 1.55 bits per heavy atom. The molecule has 1 aliphatic heterocycles. The number of hydrogen-bond acceptors (Lipinski definition) is 2. The Hall–Kier alpha value is -0.310. The molecule has 0 atom stereocenters. The van der Waals surface area contributed by atoms with Gasteiger partial charge in [0.25, 0.3) is 0 Å². The summed E-state index contributed by atoms with van der Waals surface area (Å²) in [5.74, 6) is 1.12. The second kappa shape index (κ2) is 2.97. The van der Waals surface area contributed by atoms with Crippen LogP contribution >= 0.6 is 0 Å². The van der Waals surface area contributed by atoms with Gasteiger partial charge >= 0.3 is 0 Å². The third kappa shape index (κ3) is 2.66. The van der Waals surface area contributed by atoms with Crippen LogP contribution in [0.25, 0.3) is 0 Å². The Balaban J connectivity index is 2.54. The van der Waals surface area contributed by atoms with Crippen LogP contribution in [0.15, 0.2) is 11.6 Å². The molecule has 0 radical (unpaired) electrons. The maximum absolute atomic E-state index is 11.0. The van der Waals surface area contributed by atoms with Crippen molar-refractivity contribution in [3.05, 3.63) is 11.6 Å². The van der Waals surface area contributed by atoms with E-state index in [1.807, 2.05) is 6.08 Å². The summed E-state index contributed by atoms with van der Waals surface area (Å²) in [6.45, 7) is 4.21. The predicted molar refractivity (Wildman–Crippen MR) is 46.2 cm³/mol. The molecule has 1 rings (SSSR count). The first-order chi connectivity index (χ1) is 4.99. The van der Waals surface area contributed by atoms with Gasteiger partial charge in [0.2, 0.25) is 0 Å². The smallest absolute Gasteiger partial charge is 0.157 e. The molecular weight excluding hydrogens is 160 g/mol. The van der Waals surface area contributed by atoms with E-state index in [2.05, 4.69) is 13.8 Å². The third-order valence-electron chi connectivity index (χ3n) is 1.70. The van der Waals surface area contributed by atoms with Gasteiger partial charge in [0.1, 0.15) is 0 Å². The maximum atomic E-state index is 11.0. The number of sulfone groups is 1. The Morgan fingerprint density at radius 2 is 2.18 bits per heavy atom. The molecule has 0 N–H and O–H groups in total. The molecular formula is C8H14O2S. The standard InChI is InChI=1S/C8H14O2S/c1-7(2)5-8-3-4-11(9,10)6-8/h3,7H,4-6H2,1-2H3. The predicted octanol–water partition coefficient (Wildman–Crippen LogP) is 1.39. The van der Waals surface area contributed by atoms with Gasteiger partial charge < -0.3 is 0 Å². The van der Waals surface area contributed by atoms with Crippen LogP contribution in [-0.2, 0) is 9.84 Å². The monoisotopic (exact) mass is 174 g/mol. The lowest BCUT2D eigenvalue weighted by molar-refractivity contribution is 0.600. The highest BCUT2D eigenvalue weighted by Crippen LogP contribution is 2.18. The molecule has 0 aromatic heterocycles. The molecule has 3 heteroatoms. The minimum atomic E-state index is -2.73. The molecule has 0 aromatic carbocycles. The van der Waals surface area contributed by atoms with Crippen molar-refractivity contribution in [3.8, 4) is 0 Å². The van der Waals surface area contributed by atoms with Crippen molar-refractivity contribution >= 4 is 9.84 Å². The van der Waals surface area contributed by atoms with Crippen LogP contribution in [0.3, 0.4) is 0 Å². The van der Waals surface area contributed by atoms with E-state index in [1.165, 1.54) is 0 Å². The van der Waals surface area contributed by atoms with Crippen molar-refractivity contribution in [2.45, 2.75) is 20.3 Å². The zero-order valence-corrected chi connectivity index (χ0v) is 7.82. The summed E-state index contributed by atoms with van der Waals surface area (Å²) in [6.07, 6.45) is 2.79. The third-order valence-corrected chi connectivity index (χ3v) is 3.19. The van der Waals surface area contributed by atoms with E-state index in [0.717, 1.165) is 12.0 Å². The van der Waals surface area contributed by atoms with Crippen LogP contribution in [0.4, 0.5) is 0 Å². The Labute approximate surface area is 68.2 Å². The number of rotatable bonds is 2. The van der Waals surface area contributed by atoms with Gasteiger partial charge in [-0.1, -0.05) is 25.5 Å². The van der Waals surface area contributed by atoms with Crippen LogP contribution in [0.5, 0.6) is 0 Å². The fourth-order valence-electron chi connectivity index (χ4n) is 1.31. The fraction of sp³-hybridized carbons (Fsp3) is 0.750. The van der Waals surface area contributed by atoms with Crippen LogP contribution < -0.4 is 0 Å². The Morgan fingerprint density at radius 3 is 2.55 bits per heavy atom. The molecule has 0 aromatic rings. The first-order valence-electron chi connectivity index (χ1n) is 3.88. The molecule has 0 bridgehead atoms. The minimum absolute atomic E-state index is 0.259. The highest BCUT2D eigenvalue weighted by molar-refractivity contribution is 7.92. The highest BCUT2D eigenvalue weighted by atomic mass is 32.2. The van der Waals surface area contributed by atoms with E-state index in [-0.39, 0.29) is 5.75 Å². The van der Waals surface area contributed by atoms with Crippen molar-refractivity contribution in [3.63, 3.8) is 0 Å². The van der Waals surface area contributed by atoms with Crippen LogP contribution in [0, 0.1) is 5.92 Å². The van der Waals surface area contributed by atoms with E-state index in [4.69, 9.17) is 0 Å². The van der Waals surface area contributed by atoms with Crippen molar-refractivity contribution in [1.82, 2.24) is 0 Å². The van der Waals surface area contributed by atoms with E-state index in [9.17, 15) is 8.42 Å². The topological polar surface area (TPSA) is 34.1 Å². The van der Waals surface area contributed by atoms with E-state index in [0.29, 0.717) is 11.7 Å². The summed E-state index contributed by atoms with van der Waals surface area (Å²) in [6, 6.07) is 0. The van der Waals surface area contributed by atoms with Gasteiger partial charge in [-0.05, 0) is 12.3 Å². The summed E-state index contributed by atoms with van der Waals surface area (Å²) in [5, 5.41) is 0. The van der Waals surface area contributed by atoms with Gasteiger partial charge in [-0.3, -0.25) is 0 Å². The average Bonchev–Trinajstić information content (AvgIpc) is 2.08. The molecule has 0 spiro atoms. The van der Waals surface area contributed by atoms with E-state index < -0.39 is 9.84 Å². The summed E-state index contributed by atoms with van der Waals surface area (Å²) in [5.41, 5.74) is 1.10. The van der Waals surface area contributed by atoms with Gasteiger partial charge in [-0.25, -0.2) is 8.42 Å². The molecule has 0 unspecified atom stereocenters. The summed E-state index contributed by atoms with van der Waals surface area (Å²) in [4.78, 5) is 0. The normalized spacial score (nSPS) is 22.3. The molecule has 1 aliphatic rings. The zero-order chi connectivity index (χ0) is 8.48. The molecule has 1 heterocycles. The first kappa shape index (κ1) is 8.78. The lowest BCUT2D eigenvalue weighted by Gasteiger charge is -2.03. The summed E-state index contributed by atoms with van der Waals surface area (Å²) < 4.78 is 21.9. The largest absolute Gasteiger partial charge is 0.228 e. The van der Waals surface area contributed by atoms with Crippen LogP contribution in [0.1, 0.15) is 20.3 Å². The molecule has 0 saturated carbocycles. The Kier molecular flexibility index (Phi) is 2.37. The lowest BCUT2D eigenvalue weighted by Crippen LogP contribution is -2.03. The molecule has 64 valence electrons. The molecule has 11 heavy (non-hydrogen) atoms. The number of hydrogen-bond donors (Lipinski definition) is 0. The highest BCUT2D eigenvalue weighted by Gasteiger charge is 2.19. The summed E-state index contributed by atoms with van der Waals surface area (Å²) in [7, 11) is -2.73. The fourth-order valence-corrected chi connectivity index (χ4v) is 2.72. The van der Waals surface area contributed by atoms with E-state index in [1.54, 1.807) is 0 Å². The van der Waals surface area contributed by atoms with Gasteiger partial charge in [0, 0.05) is 0 Å². The first-order valence-corrected chi connectivity index (χ1v) is 5.70. The van der Waals surface area contributed by atoms with Gasteiger partial charge in [0.05, 0.1) is 11.5 Å². The average molecular weight is 174 g/mol.